The molecule has 6 nitrogen and oxygen atoms in total. The third-order valence-electron chi connectivity index (χ3n) is 4.00. The summed E-state index contributed by atoms with van der Waals surface area (Å²) in [5.74, 6) is 0.0535. The van der Waals surface area contributed by atoms with Gasteiger partial charge in [-0.3, -0.25) is 4.79 Å². The first kappa shape index (κ1) is 14.6. The Morgan fingerprint density at radius 1 is 1.27 bits per heavy atom. The normalized spacial score (nSPS) is 16.0. The zero-order valence-electron chi connectivity index (χ0n) is 12.2. The van der Waals surface area contributed by atoms with E-state index in [4.69, 9.17) is 5.73 Å². The Bertz CT molecular complexity index is 646. The summed E-state index contributed by atoms with van der Waals surface area (Å²) in [5, 5.41) is 8.27. The molecule has 0 aliphatic carbocycles. The maximum atomic E-state index is 12.9. The number of nitrogens with zero attached hydrogens (tertiary/aromatic N) is 4. The maximum Gasteiger partial charge on any atom is 0.276 e. The van der Waals surface area contributed by atoms with Crippen LogP contribution in [0.5, 0.6) is 0 Å². The highest BCUT2D eigenvalue weighted by Gasteiger charge is 2.24. The second-order valence-corrected chi connectivity index (χ2v) is 5.47. The van der Waals surface area contributed by atoms with Gasteiger partial charge in [-0.1, -0.05) is 0 Å². The minimum atomic E-state index is -0.324. The van der Waals surface area contributed by atoms with Gasteiger partial charge in [-0.25, -0.2) is 4.39 Å². The van der Waals surface area contributed by atoms with Gasteiger partial charge in [0.15, 0.2) is 5.69 Å². The number of piperidine rings is 1. The van der Waals surface area contributed by atoms with Crippen LogP contribution in [0.15, 0.2) is 30.5 Å². The highest BCUT2D eigenvalue weighted by atomic mass is 19.1. The van der Waals surface area contributed by atoms with Crippen molar-refractivity contribution >= 4 is 5.91 Å². The molecule has 2 heterocycles. The van der Waals surface area contributed by atoms with Crippen molar-refractivity contribution in [3.63, 3.8) is 0 Å². The lowest BCUT2D eigenvalue weighted by molar-refractivity contribution is 0.0687. The molecule has 7 heteroatoms. The molecule has 1 aromatic carbocycles. The number of amides is 1. The summed E-state index contributed by atoms with van der Waals surface area (Å²) in [4.78, 5) is 15.5. The second-order valence-electron chi connectivity index (χ2n) is 5.47. The molecule has 0 bridgehead atoms. The van der Waals surface area contributed by atoms with Crippen LogP contribution in [0.3, 0.4) is 0 Å². The summed E-state index contributed by atoms with van der Waals surface area (Å²) >= 11 is 0. The molecule has 1 aromatic heterocycles. The van der Waals surface area contributed by atoms with Crippen LogP contribution in [0.1, 0.15) is 23.3 Å². The van der Waals surface area contributed by atoms with E-state index >= 15 is 0 Å². The number of carbonyl (C=O) groups excluding carboxylic acids is 1. The van der Waals surface area contributed by atoms with Gasteiger partial charge in [0.25, 0.3) is 5.91 Å². The molecule has 1 fully saturated rings. The van der Waals surface area contributed by atoms with Gasteiger partial charge < -0.3 is 10.6 Å². The van der Waals surface area contributed by atoms with Crippen molar-refractivity contribution in [1.29, 1.82) is 0 Å². The Labute approximate surface area is 127 Å². The lowest BCUT2D eigenvalue weighted by Gasteiger charge is -2.30. The van der Waals surface area contributed by atoms with Crippen molar-refractivity contribution in [2.75, 3.05) is 19.6 Å². The number of rotatable bonds is 3. The zero-order chi connectivity index (χ0) is 15.5. The lowest BCUT2D eigenvalue weighted by atomic mass is 9.97. The molecule has 1 saturated heterocycles. The van der Waals surface area contributed by atoms with Crippen molar-refractivity contribution in [3.8, 4) is 5.69 Å². The van der Waals surface area contributed by atoms with Gasteiger partial charge in [0.1, 0.15) is 5.82 Å². The molecule has 1 aliphatic rings. The fourth-order valence-electron chi connectivity index (χ4n) is 2.59. The minimum Gasteiger partial charge on any atom is -0.337 e. The average molecular weight is 303 g/mol. The molecule has 22 heavy (non-hydrogen) atoms. The number of nitrogens with two attached hydrogens (primary N) is 1. The number of likely N-dealkylation sites (tertiary alicyclic amines) is 1. The summed E-state index contributed by atoms with van der Waals surface area (Å²) in [6.45, 7) is 2.07. The average Bonchev–Trinajstić information content (AvgIpc) is 3.05. The van der Waals surface area contributed by atoms with Crippen LogP contribution >= 0.6 is 0 Å². The molecule has 0 atom stereocenters. The second kappa shape index (κ2) is 6.23. The van der Waals surface area contributed by atoms with Crippen LogP contribution in [0, 0.1) is 11.7 Å². The first-order valence-corrected chi connectivity index (χ1v) is 7.35. The number of halogens is 1. The van der Waals surface area contributed by atoms with Gasteiger partial charge in [0.2, 0.25) is 0 Å². The van der Waals surface area contributed by atoms with Gasteiger partial charge in [-0.2, -0.15) is 9.90 Å². The zero-order valence-corrected chi connectivity index (χ0v) is 12.2. The topological polar surface area (TPSA) is 77.0 Å². The van der Waals surface area contributed by atoms with E-state index in [1.165, 1.54) is 23.1 Å². The maximum absolute atomic E-state index is 12.9. The highest BCUT2D eigenvalue weighted by molar-refractivity contribution is 5.92. The number of aromatic nitrogens is 3. The Kier molecular flexibility index (Phi) is 4.15. The van der Waals surface area contributed by atoms with E-state index in [2.05, 4.69) is 10.2 Å². The number of benzene rings is 1. The van der Waals surface area contributed by atoms with Crippen LogP contribution in [-0.2, 0) is 0 Å². The largest absolute Gasteiger partial charge is 0.337 e. The molecule has 1 amide bonds. The minimum absolute atomic E-state index is 0.121. The first-order chi connectivity index (χ1) is 10.7. The van der Waals surface area contributed by atoms with E-state index < -0.39 is 0 Å². The number of hydrogen-bond acceptors (Lipinski definition) is 4. The Balaban J connectivity index is 1.71. The quantitative estimate of drug-likeness (QED) is 0.925. The fourth-order valence-corrected chi connectivity index (χ4v) is 2.59. The van der Waals surface area contributed by atoms with E-state index in [-0.39, 0.29) is 11.7 Å². The van der Waals surface area contributed by atoms with Gasteiger partial charge >= 0.3 is 0 Å². The van der Waals surface area contributed by atoms with Gasteiger partial charge in [0, 0.05) is 13.1 Å². The molecule has 0 unspecified atom stereocenters. The van der Waals surface area contributed by atoms with Crippen molar-refractivity contribution in [2.24, 2.45) is 11.7 Å². The van der Waals surface area contributed by atoms with Crippen LogP contribution in [0.4, 0.5) is 4.39 Å². The van der Waals surface area contributed by atoms with Crippen LogP contribution < -0.4 is 5.73 Å². The lowest BCUT2D eigenvalue weighted by Crippen LogP contribution is -2.40. The molecular formula is C15H18FN5O. The summed E-state index contributed by atoms with van der Waals surface area (Å²) in [5.41, 5.74) is 6.57. The van der Waals surface area contributed by atoms with Gasteiger partial charge in [0.05, 0.1) is 11.9 Å². The van der Waals surface area contributed by atoms with Crippen molar-refractivity contribution in [2.45, 2.75) is 12.8 Å². The van der Waals surface area contributed by atoms with Gasteiger partial charge in [-0.15, -0.1) is 5.10 Å². The SMILES string of the molecule is NCC1CCN(C(=O)c2cnn(-c3ccc(F)cc3)n2)CC1. The fraction of sp³-hybridized carbons (Fsp3) is 0.400. The highest BCUT2D eigenvalue weighted by Crippen LogP contribution is 2.17. The smallest absolute Gasteiger partial charge is 0.276 e. The molecule has 116 valence electrons. The Morgan fingerprint density at radius 2 is 1.95 bits per heavy atom. The molecule has 2 N–H and O–H groups in total. The molecule has 0 radical (unpaired) electrons. The third kappa shape index (κ3) is 2.99. The molecule has 0 spiro atoms. The molecular weight excluding hydrogens is 285 g/mol. The first-order valence-electron chi connectivity index (χ1n) is 7.35. The Hall–Kier alpha value is -2.28. The monoisotopic (exact) mass is 303 g/mol. The van der Waals surface area contributed by atoms with E-state index in [9.17, 15) is 9.18 Å². The third-order valence-corrected chi connectivity index (χ3v) is 4.00. The Morgan fingerprint density at radius 3 is 2.59 bits per heavy atom. The van der Waals surface area contributed by atoms with E-state index in [1.807, 2.05) is 0 Å². The van der Waals surface area contributed by atoms with Crippen LogP contribution in [0.25, 0.3) is 5.69 Å². The number of hydrogen-bond donors (Lipinski definition) is 1. The standard InChI is InChI=1S/C15H18FN5O/c16-12-1-3-13(4-2-12)21-18-10-14(19-21)15(22)20-7-5-11(9-17)6-8-20/h1-4,10-11H,5-9,17H2. The summed E-state index contributed by atoms with van der Waals surface area (Å²) in [6.07, 6.45) is 3.30. The van der Waals surface area contributed by atoms with E-state index in [0.29, 0.717) is 36.9 Å². The summed E-state index contributed by atoms with van der Waals surface area (Å²) < 4.78 is 12.9. The van der Waals surface area contributed by atoms with E-state index in [1.54, 1.807) is 17.0 Å². The van der Waals surface area contributed by atoms with Crippen molar-refractivity contribution in [3.05, 3.63) is 42.0 Å². The molecule has 3 rings (SSSR count). The summed E-state index contributed by atoms with van der Waals surface area (Å²) in [6, 6.07) is 5.79. The predicted octanol–water partition coefficient (Wildman–Crippen LogP) is 1.22. The van der Waals surface area contributed by atoms with E-state index in [0.717, 1.165) is 12.8 Å². The molecule has 2 aromatic rings. The van der Waals surface area contributed by atoms with Crippen molar-refractivity contribution < 1.29 is 9.18 Å². The molecule has 1 aliphatic heterocycles. The van der Waals surface area contributed by atoms with Gasteiger partial charge in [-0.05, 0) is 49.6 Å². The van der Waals surface area contributed by atoms with Crippen molar-refractivity contribution in [1.82, 2.24) is 19.9 Å². The van der Waals surface area contributed by atoms with Crippen LogP contribution in [0.2, 0.25) is 0 Å². The predicted molar refractivity (Wildman–Crippen MR) is 79.0 cm³/mol. The van der Waals surface area contributed by atoms with Crippen LogP contribution in [-0.4, -0.2) is 45.4 Å². The number of carbonyl (C=O) groups is 1. The summed E-state index contributed by atoms with van der Waals surface area (Å²) in [7, 11) is 0. The molecule has 0 saturated carbocycles.